The number of carbonyl (C=O) groups excluding carboxylic acids is 1. The predicted octanol–water partition coefficient (Wildman–Crippen LogP) is 4.20. The SMILES string of the molecule is COc1ccc(-c2ccc(NC(=O)c3c(F)cccc3Cl)cc2)nn1. The van der Waals surface area contributed by atoms with Gasteiger partial charge in [0.2, 0.25) is 5.88 Å². The molecule has 0 spiro atoms. The first-order valence-corrected chi connectivity index (χ1v) is 7.70. The Morgan fingerprint density at radius 3 is 2.44 bits per heavy atom. The Morgan fingerprint density at radius 2 is 1.84 bits per heavy atom. The molecule has 0 radical (unpaired) electrons. The van der Waals surface area contributed by atoms with E-state index in [0.717, 1.165) is 5.56 Å². The molecule has 0 aliphatic heterocycles. The van der Waals surface area contributed by atoms with Gasteiger partial charge >= 0.3 is 0 Å². The van der Waals surface area contributed by atoms with Crippen LogP contribution in [-0.4, -0.2) is 23.2 Å². The van der Waals surface area contributed by atoms with E-state index in [1.807, 2.05) is 0 Å². The molecule has 3 rings (SSSR count). The summed E-state index contributed by atoms with van der Waals surface area (Å²) in [7, 11) is 1.52. The smallest absolute Gasteiger partial charge is 0.260 e. The third-order valence-electron chi connectivity index (χ3n) is 3.48. The quantitative estimate of drug-likeness (QED) is 0.760. The van der Waals surface area contributed by atoms with E-state index in [4.69, 9.17) is 16.3 Å². The zero-order valence-electron chi connectivity index (χ0n) is 13.2. The maximum atomic E-state index is 13.8. The van der Waals surface area contributed by atoms with Crippen molar-refractivity contribution in [3.8, 4) is 17.1 Å². The molecule has 2 aromatic carbocycles. The van der Waals surface area contributed by atoms with Gasteiger partial charge in [-0.25, -0.2) is 4.39 Å². The van der Waals surface area contributed by atoms with E-state index in [2.05, 4.69) is 15.5 Å². The summed E-state index contributed by atoms with van der Waals surface area (Å²) in [4.78, 5) is 12.2. The highest BCUT2D eigenvalue weighted by molar-refractivity contribution is 6.34. The molecule has 7 heteroatoms. The normalized spacial score (nSPS) is 10.4. The molecular weight excluding hydrogens is 345 g/mol. The number of methoxy groups -OCH3 is 1. The molecule has 0 unspecified atom stereocenters. The molecule has 5 nitrogen and oxygen atoms in total. The van der Waals surface area contributed by atoms with Crippen LogP contribution in [0.3, 0.4) is 0 Å². The number of benzene rings is 2. The number of halogens is 2. The summed E-state index contributed by atoms with van der Waals surface area (Å²) < 4.78 is 18.7. The predicted molar refractivity (Wildman–Crippen MR) is 93.4 cm³/mol. The minimum absolute atomic E-state index is 0.0580. The van der Waals surface area contributed by atoms with Crippen molar-refractivity contribution in [2.75, 3.05) is 12.4 Å². The first-order valence-electron chi connectivity index (χ1n) is 7.32. The van der Waals surface area contributed by atoms with Gasteiger partial charge in [0.25, 0.3) is 5.91 Å². The van der Waals surface area contributed by atoms with E-state index in [1.165, 1.54) is 25.3 Å². The average molecular weight is 358 g/mol. The topological polar surface area (TPSA) is 64.1 Å². The van der Waals surface area contributed by atoms with E-state index < -0.39 is 11.7 Å². The number of nitrogens with zero attached hydrogens (tertiary/aromatic N) is 2. The highest BCUT2D eigenvalue weighted by Gasteiger charge is 2.15. The van der Waals surface area contributed by atoms with Crippen LogP contribution in [0.2, 0.25) is 5.02 Å². The maximum absolute atomic E-state index is 13.8. The number of nitrogens with one attached hydrogen (secondary N) is 1. The summed E-state index contributed by atoms with van der Waals surface area (Å²) in [5.74, 6) is -0.857. The molecule has 126 valence electrons. The lowest BCUT2D eigenvalue weighted by atomic mass is 10.1. The van der Waals surface area contributed by atoms with Crippen LogP contribution in [0.25, 0.3) is 11.3 Å². The van der Waals surface area contributed by atoms with Crippen LogP contribution in [-0.2, 0) is 0 Å². The van der Waals surface area contributed by atoms with E-state index in [1.54, 1.807) is 36.4 Å². The summed E-state index contributed by atoms with van der Waals surface area (Å²) >= 11 is 5.89. The molecule has 0 atom stereocenters. The van der Waals surface area contributed by atoms with E-state index in [9.17, 15) is 9.18 Å². The number of amides is 1. The van der Waals surface area contributed by atoms with Gasteiger partial charge in [-0.1, -0.05) is 29.8 Å². The van der Waals surface area contributed by atoms with Crippen LogP contribution < -0.4 is 10.1 Å². The molecule has 3 aromatic rings. The molecule has 0 aliphatic carbocycles. The highest BCUT2D eigenvalue weighted by atomic mass is 35.5. The van der Waals surface area contributed by atoms with Gasteiger partial charge in [-0.15, -0.1) is 10.2 Å². The summed E-state index contributed by atoms with van der Waals surface area (Å²) in [5.41, 5.74) is 1.80. The van der Waals surface area contributed by atoms with Crippen molar-refractivity contribution in [1.82, 2.24) is 10.2 Å². The third-order valence-corrected chi connectivity index (χ3v) is 3.79. The van der Waals surface area contributed by atoms with Gasteiger partial charge < -0.3 is 10.1 Å². The molecule has 0 saturated carbocycles. The summed E-state index contributed by atoms with van der Waals surface area (Å²) in [6.45, 7) is 0. The highest BCUT2D eigenvalue weighted by Crippen LogP contribution is 2.23. The van der Waals surface area contributed by atoms with Gasteiger partial charge in [-0.3, -0.25) is 4.79 Å². The number of hydrogen-bond acceptors (Lipinski definition) is 4. The van der Waals surface area contributed by atoms with Crippen molar-refractivity contribution in [3.63, 3.8) is 0 Å². The van der Waals surface area contributed by atoms with Crippen LogP contribution in [0.5, 0.6) is 5.88 Å². The van der Waals surface area contributed by atoms with Gasteiger partial charge in [0.05, 0.1) is 23.4 Å². The first-order chi connectivity index (χ1) is 12.1. The monoisotopic (exact) mass is 357 g/mol. The van der Waals surface area contributed by atoms with Gasteiger partial charge in [-0.05, 0) is 30.3 Å². The van der Waals surface area contributed by atoms with Crippen molar-refractivity contribution in [3.05, 3.63) is 71.0 Å². The summed E-state index contributed by atoms with van der Waals surface area (Å²) in [6, 6.07) is 14.5. The molecule has 0 saturated heterocycles. The Labute approximate surface area is 148 Å². The fraction of sp³-hybridized carbons (Fsp3) is 0.0556. The van der Waals surface area contributed by atoms with Gasteiger partial charge in [0.1, 0.15) is 5.82 Å². The molecule has 1 heterocycles. The number of aromatic nitrogens is 2. The Balaban J connectivity index is 1.77. The number of anilines is 1. The fourth-order valence-electron chi connectivity index (χ4n) is 2.22. The molecule has 1 aromatic heterocycles. The molecule has 0 bridgehead atoms. The van der Waals surface area contributed by atoms with Crippen LogP contribution in [0.4, 0.5) is 10.1 Å². The second kappa shape index (κ2) is 7.27. The summed E-state index contributed by atoms with van der Waals surface area (Å²) in [6.07, 6.45) is 0. The average Bonchev–Trinajstić information content (AvgIpc) is 2.62. The van der Waals surface area contributed by atoms with Crippen molar-refractivity contribution < 1.29 is 13.9 Å². The third kappa shape index (κ3) is 3.75. The molecule has 0 fully saturated rings. The van der Waals surface area contributed by atoms with Crippen molar-refractivity contribution in [1.29, 1.82) is 0 Å². The van der Waals surface area contributed by atoms with E-state index in [0.29, 0.717) is 17.3 Å². The Kier molecular flexibility index (Phi) is 4.90. The van der Waals surface area contributed by atoms with Crippen LogP contribution >= 0.6 is 11.6 Å². The zero-order chi connectivity index (χ0) is 17.8. The van der Waals surface area contributed by atoms with E-state index >= 15 is 0 Å². The molecular formula is C18H13ClFN3O2. The standard InChI is InChI=1S/C18H13ClFN3O2/c1-25-16-10-9-15(22-23-16)11-5-7-12(8-6-11)21-18(24)17-13(19)3-2-4-14(17)20/h2-10H,1H3,(H,21,24). The minimum Gasteiger partial charge on any atom is -0.480 e. The van der Waals surface area contributed by atoms with E-state index in [-0.39, 0.29) is 10.6 Å². The van der Waals surface area contributed by atoms with Crippen molar-refractivity contribution in [2.45, 2.75) is 0 Å². The largest absolute Gasteiger partial charge is 0.480 e. The van der Waals surface area contributed by atoms with Gasteiger partial charge in [0.15, 0.2) is 0 Å². The fourth-order valence-corrected chi connectivity index (χ4v) is 2.46. The van der Waals surface area contributed by atoms with Crippen LogP contribution in [0.15, 0.2) is 54.6 Å². The number of hydrogen-bond donors (Lipinski definition) is 1. The Bertz CT molecular complexity index is 879. The molecule has 1 N–H and O–H groups in total. The first kappa shape index (κ1) is 16.9. The number of carbonyl (C=O) groups is 1. The van der Waals surface area contributed by atoms with Crippen LogP contribution in [0.1, 0.15) is 10.4 Å². The minimum atomic E-state index is -0.671. The van der Waals surface area contributed by atoms with Crippen molar-refractivity contribution in [2.24, 2.45) is 0 Å². The second-order valence-electron chi connectivity index (χ2n) is 5.09. The lowest BCUT2D eigenvalue weighted by Crippen LogP contribution is -2.14. The lowest BCUT2D eigenvalue weighted by molar-refractivity contribution is 0.102. The summed E-state index contributed by atoms with van der Waals surface area (Å²) in [5, 5.41) is 10.6. The van der Waals surface area contributed by atoms with Gasteiger partial charge in [0, 0.05) is 17.3 Å². The molecule has 0 aliphatic rings. The van der Waals surface area contributed by atoms with Crippen molar-refractivity contribution >= 4 is 23.2 Å². The molecule has 1 amide bonds. The molecule has 25 heavy (non-hydrogen) atoms. The second-order valence-corrected chi connectivity index (χ2v) is 5.50. The number of ether oxygens (including phenoxy) is 1. The zero-order valence-corrected chi connectivity index (χ0v) is 13.9. The Morgan fingerprint density at radius 1 is 1.08 bits per heavy atom. The van der Waals surface area contributed by atoms with Crippen LogP contribution in [0, 0.1) is 5.82 Å². The lowest BCUT2D eigenvalue weighted by Gasteiger charge is -2.08. The Hall–Kier alpha value is -2.99. The maximum Gasteiger partial charge on any atom is 0.260 e. The number of rotatable bonds is 4. The van der Waals surface area contributed by atoms with Gasteiger partial charge in [-0.2, -0.15) is 0 Å².